The van der Waals surface area contributed by atoms with Crippen molar-refractivity contribution in [1.29, 1.82) is 0 Å². The third-order valence-electron chi connectivity index (χ3n) is 2.37. The summed E-state index contributed by atoms with van der Waals surface area (Å²) in [6, 6.07) is 3.61. The number of hydrogen-bond acceptors (Lipinski definition) is 3. The highest BCUT2D eigenvalue weighted by Crippen LogP contribution is 2.18. The van der Waals surface area contributed by atoms with Crippen LogP contribution in [0.4, 0.5) is 8.78 Å². The Morgan fingerprint density at radius 3 is 2.71 bits per heavy atom. The van der Waals surface area contributed by atoms with Crippen molar-refractivity contribution in [2.24, 2.45) is 7.05 Å². The van der Waals surface area contributed by atoms with E-state index in [9.17, 15) is 8.78 Å². The van der Waals surface area contributed by atoms with Gasteiger partial charge in [-0.1, -0.05) is 0 Å². The Kier molecular flexibility index (Phi) is 3.14. The van der Waals surface area contributed by atoms with Crippen molar-refractivity contribution in [2.45, 2.75) is 6.54 Å². The fourth-order valence-corrected chi connectivity index (χ4v) is 1.49. The van der Waals surface area contributed by atoms with Crippen LogP contribution in [0.3, 0.4) is 0 Å². The van der Waals surface area contributed by atoms with E-state index in [0.717, 1.165) is 18.0 Å². The zero-order valence-corrected chi connectivity index (χ0v) is 9.54. The molecular weight excluding hydrogens is 226 g/mol. The van der Waals surface area contributed by atoms with E-state index >= 15 is 0 Å². The predicted molar refractivity (Wildman–Crippen MR) is 59.1 cm³/mol. The van der Waals surface area contributed by atoms with E-state index in [0.29, 0.717) is 17.9 Å². The lowest BCUT2D eigenvalue weighted by atomic mass is 10.2. The van der Waals surface area contributed by atoms with Crippen molar-refractivity contribution < 1.29 is 8.78 Å². The first kappa shape index (κ1) is 11.7. The summed E-state index contributed by atoms with van der Waals surface area (Å²) in [6.07, 6.45) is 0. The minimum atomic E-state index is -0.898. The Balaban J connectivity index is 2.39. The zero-order chi connectivity index (χ0) is 12.4. The molecule has 17 heavy (non-hydrogen) atoms. The molecule has 0 saturated heterocycles. The first-order chi connectivity index (χ1) is 8.11. The van der Waals surface area contributed by atoms with Crippen LogP contribution in [0.25, 0.3) is 11.4 Å². The molecule has 0 spiro atoms. The fourth-order valence-electron chi connectivity index (χ4n) is 1.49. The van der Waals surface area contributed by atoms with E-state index < -0.39 is 11.6 Å². The molecule has 2 rings (SSSR count). The number of benzene rings is 1. The maximum atomic E-state index is 13.1. The molecule has 0 fully saturated rings. The van der Waals surface area contributed by atoms with Gasteiger partial charge in [-0.15, -0.1) is 0 Å². The summed E-state index contributed by atoms with van der Waals surface area (Å²) < 4.78 is 27.5. The fraction of sp³-hybridized carbons (Fsp3) is 0.273. The molecule has 1 aromatic heterocycles. The van der Waals surface area contributed by atoms with Crippen LogP contribution in [0, 0.1) is 11.6 Å². The van der Waals surface area contributed by atoms with Gasteiger partial charge in [0, 0.05) is 12.6 Å². The lowest BCUT2D eigenvalue weighted by Crippen LogP contribution is -2.10. The van der Waals surface area contributed by atoms with Crippen molar-refractivity contribution in [1.82, 2.24) is 20.1 Å². The molecule has 0 unspecified atom stereocenters. The van der Waals surface area contributed by atoms with Gasteiger partial charge < -0.3 is 5.32 Å². The Bertz CT molecular complexity index is 536. The predicted octanol–water partition coefficient (Wildman–Crippen LogP) is 1.48. The van der Waals surface area contributed by atoms with Crippen LogP contribution in [0.5, 0.6) is 0 Å². The maximum absolute atomic E-state index is 13.1. The maximum Gasteiger partial charge on any atom is 0.181 e. The second-order valence-electron chi connectivity index (χ2n) is 3.63. The van der Waals surface area contributed by atoms with Crippen LogP contribution < -0.4 is 5.32 Å². The zero-order valence-electron chi connectivity index (χ0n) is 9.54. The highest BCUT2D eigenvalue weighted by Gasteiger charge is 2.10. The molecule has 4 nitrogen and oxygen atoms in total. The Hall–Kier alpha value is -1.82. The number of rotatable bonds is 3. The van der Waals surface area contributed by atoms with Gasteiger partial charge in [0.15, 0.2) is 17.5 Å². The third-order valence-corrected chi connectivity index (χ3v) is 2.37. The van der Waals surface area contributed by atoms with Crippen LogP contribution >= 0.6 is 0 Å². The summed E-state index contributed by atoms with van der Waals surface area (Å²) in [5, 5.41) is 7.10. The van der Waals surface area contributed by atoms with Crippen molar-refractivity contribution in [3.05, 3.63) is 35.7 Å². The third kappa shape index (κ3) is 2.31. The number of halogens is 2. The number of aromatic nitrogens is 3. The van der Waals surface area contributed by atoms with Gasteiger partial charge in [-0.25, -0.2) is 13.8 Å². The van der Waals surface area contributed by atoms with E-state index in [1.54, 1.807) is 18.8 Å². The molecule has 1 heterocycles. The minimum Gasteiger partial charge on any atom is -0.313 e. The topological polar surface area (TPSA) is 42.7 Å². The molecule has 0 aliphatic heterocycles. The normalized spacial score (nSPS) is 10.8. The molecule has 0 aliphatic rings. The van der Waals surface area contributed by atoms with Crippen molar-refractivity contribution in [2.75, 3.05) is 7.05 Å². The van der Waals surface area contributed by atoms with E-state index in [1.165, 1.54) is 6.07 Å². The van der Waals surface area contributed by atoms with E-state index in [4.69, 9.17) is 0 Å². The smallest absolute Gasteiger partial charge is 0.181 e. The highest BCUT2D eigenvalue weighted by atomic mass is 19.2. The molecule has 0 bridgehead atoms. The molecule has 6 heteroatoms. The van der Waals surface area contributed by atoms with Gasteiger partial charge in [0.2, 0.25) is 0 Å². The average molecular weight is 238 g/mol. The molecule has 0 amide bonds. The molecule has 0 aliphatic carbocycles. The van der Waals surface area contributed by atoms with Gasteiger partial charge in [-0.2, -0.15) is 5.10 Å². The molecule has 2 aromatic rings. The lowest BCUT2D eigenvalue weighted by Gasteiger charge is -1.96. The van der Waals surface area contributed by atoms with Gasteiger partial charge in [-0.05, 0) is 25.2 Å². The summed E-state index contributed by atoms with van der Waals surface area (Å²) >= 11 is 0. The lowest BCUT2D eigenvalue weighted by molar-refractivity contribution is 0.509. The Labute approximate surface area is 97.3 Å². The molecule has 90 valence electrons. The van der Waals surface area contributed by atoms with Crippen LogP contribution in [-0.4, -0.2) is 21.8 Å². The summed E-state index contributed by atoms with van der Waals surface area (Å²) in [5.74, 6) is -0.658. The number of hydrogen-bond donors (Lipinski definition) is 1. The number of aryl methyl sites for hydroxylation is 1. The second-order valence-corrected chi connectivity index (χ2v) is 3.63. The standard InChI is InChI=1S/C11H12F2N4/c1-14-6-10-15-11(16-17(10)2)7-3-4-8(12)9(13)5-7/h3-5,14H,6H2,1-2H3. The quantitative estimate of drug-likeness (QED) is 0.880. The average Bonchev–Trinajstić information content (AvgIpc) is 2.65. The van der Waals surface area contributed by atoms with Crippen LogP contribution in [0.2, 0.25) is 0 Å². The van der Waals surface area contributed by atoms with Crippen molar-refractivity contribution >= 4 is 0 Å². The first-order valence-electron chi connectivity index (χ1n) is 5.11. The van der Waals surface area contributed by atoms with Gasteiger partial charge >= 0.3 is 0 Å². The second kappa shape index (κ2) is 4.58. The monoisotopic (exact) mass is 238 g/mol. The molecular formula is C11H12F2N4. The van der Waals surface area contributed by atoms with Gasteiger partial charge in [0.25, 0.3) is 0 Å². The minimum absolute atomic E-state index is 0.386. The molecule has 1 aromatic carbocycles. The highest BCUT2D eigenvalue weighted by molar-refractivity contribution is 5.54. The summed E-state index contributed by atoms with van der Waals surface area (Å²) in [6.45, 7) is 0.563. The van der Waals surface area contributed by atoms with Gasteiger partial charge in [0.1, 0.15) is 5.82 Å². The Morgan fingerprint density at radius 2 is 2.06 bits per heavy atom. The van der Waals surface area contributed by atoms with E-state index in [2.05, 4.69) is 15.4 Å². The van der Waals surface area contributed by atoms with Crippen molar-refractivity contribution in [3.63, 3.8) is 0 Å². The largest absolute Gasteiger partial charge is 0.313 e. The van der Waals surface area contributed by atoms with Gasteiger partial charge in [0.05, 0.1) is 6.54 Å². The number of nitrogens with zero attached hydrogens (tertiary/aromatic N) is 3. The molecule has 0 saturated carbocycles. The molecule has 0 atom stereocenters. The SMILES string of the molecule is CNCc1nc(-c2ccc(F)c(F)c2)nn1C. The Morgan fingerprint density at radius 1 is 1.29 bits per heavy atom. The molecule has 1 N–H and O–H groups in total. The van der Waals surface area contributed by atoms with E-state index in [-0.39, 0.29) is 0 Å². The van der Waals surface area contributed by atoms with E-state index in [1.807, 2.05) is 0 Å². The summed E-state index contributed by atoms with van der Waals surface area (Å²) in [4.78, 5) is 4.24. The number of nitrogens with one attached hydrogen (secondary N) is 1. The summed E-state index contributed by atoms with van der Waals surface area (Å²) in [5.41, 5.74) is 0.460. The van der Waals surface area contributed by atoms with Crippen LogP contribution in [0.15, 0.2) is 18.2 Å². The summed E-state index contributed by atoms with van der Waals surface area (Å²) in [7, 11) is 3.55. The molecule has 0 radical (unpaired) electrons. The first-order valence-corrected chi connectivity index (χ1v) is 5.11. The van der Waals surface area contributed by atoms with Gasteiger partial charge in [-0.3, -0.25) is 4.68 Å². The van der Waals surface area contributed by atoms with Crippen LogP contribution in [-0.2, 0) is 13.6 Å². The van der Waals surface area contributed by atoms with Crippen LogP contribution in [0.1, 0.15) is 5.82 Å². The van der Waals surface area contributed by atoms with Crippen molar-refractivity contribution in [3.8, 4) is 11.4 Å².